The first-order valence-electron chi connectivity index (χ1n) is 7.82. The Morgan fingerprint density at radius 3 is 2.12 bits per heavy atom. The van der Waals surface area contributed by atoms with Gasteiger partial charge in [0.05, 0.1) is 19.9 Å². The van der Waals surface area contributed by atoms with Crippen molar-refractivity contribution in [2.75, 3.05) is 0 Å². The molecule has 24 heavy (non-hydrogen) atoms. The maximum Gasteiger partial charge on any atom is 0.290 e. The molecule has 0 saturated carbocycles. The number of rotatable bonds is 3. The Balaban J connectivity index is 2.73. The molecule has 2 rings (SSSR count). The molecule has 0 aliphatic heterocycles. The van der Waals surface area contributed by atoms with Crippen LogP contribution >= 0.6 is 0 Å². The van der Waals surface area contributed by atoms with Gasteiger partial charge in [0.25, 0.3) is 10.0 Å². The zero-order chi connectivity index (χ0) is 18.3. The van der Waals surface area contributed by atoms with Crippen molar-refractivity contribution in [2.24, 2.45) is 3.77 Å². The zero-order valence-corrected chi connectivity index (χ0v) is 16.7. The molecule has 0 radical (unpaired) electrons. The monoisotopic (exact) mass is 367 g/mol. The van der Waals surface area contributed by atoms with Crippen molar-refractivity contribution < 1.29 is 12.6 Å². The molecule has 2 atom stereocenters. The van der Waals surface area contributed by atoms with E-state index in [4.69, 9.17) is 0 Å². The van der Waals surface area contributed by atoms with Crippen LogP contribution in [0.1, 0.15) is 38.8 Å². The van der Waals surface area contributed by atoms with Gasteiger partial charge in [-0.25, -0.2) is 4.21 Å². The Hall–Kier alpha value is -1.40. The Morgan fingerprint density at radius 2 is 1.67 bits per heavy atom. The van der Waals surface area contributed by atoms with Gasteiger partial charge in [-0.05, 0) is 53.2 Å². The Kier molecular flexibility index (Phi) is 4.85. The SMILES string of the molecule is CC1=CC=CC1S(=O)(=NS(=O)(=O)c1ccc(C)cc1C)C(C)(C)C. The molecule has 1 aromatic carbocycles. The minimum absolute atomic E-state index is 0.119. The number of aryl methyl sites for hydroxylation is 2. The number of allylic oxidation sites excluding steroid dienone is 2. The molecule has 132 valence electrons. The molecule has 6 heteroatoms. The van der Waals surface area contributed by atoms with Crippen LogP contribution in [0.15, 0.2) is 50.7 Å². The van der Waals surface area contributed by atoms with Gasteiger partial charge in [-0.15, -0.1) is 3.77 Å². The van der Waals surface area contributed by atoms with E-state index in [1.165, 1.54) is 0 Å². The number of nitrogens with zero attached hydrogens (tertiary/aromatic N) is 1. The summed E-state index contributed by atoms with van der Waals surface area (Å²) in [5, 5.41) is -0.488. The second kappa shape index (κ2) is 6.15. The molecular weight excluding hydrogens is 342 g/mol. The molecule has 1 aliphatic carbocycles. The van der Waals surface area contributed by atoms with E-state index in [9.17, 15) is 12.6 Å². The Morgan fingerprint density at radius 1 is 1.04 bits per heavy atom. The minimum Gasteiger partial charge on any atom is -0.247 e. The fourth-order valence-corrected chi connectivity index (χ4v) is 7.83. The molecule has 0 saturated heterocycles. The highest BCUT2D eigenvalue weighted by molar-refractivity contribution is 8.04. The second-order valence-corrected chi connectivity index (χ2v) is 12.1. The Labute approximate surface area is 145 Å². The summed E-state index contributed by atoms with van der Waals surface area (Å²) in [6.45, 7) is 10.8. The van der Waals surface area contributed by atoms with Crippen molar-refractivity contribution in [2.45, 2.75) is 56.4 Å². The zero-order valence-electron chi connectivity index (χ0n) is 15.0. The Bertz CT molecular complexity index is 939. The van der Waals surface area contributed by atoms with Crippen LogP contribution in [0.5, 0.6) is 0 Å². The molecule has 0 aromatic heterocycles. The summed E-state index contributed by atoms with van der Waals surface area (Å²) in [7, 11) is -7.10. The van der Waals surface area contributed by atoms with E-state index >= 15 is 0 Å². The van der Waals surface area contributed by atoms with Crippen LogP contribution in [0.2, 0.25) is 0 Å². The summed E-state index contributed by atoms with van der Waals surface area (Å²) in [4.78, 5) is 0.119. The molecule has 4 nitrogen and oxygen atoms in total. The van der Waals surface area contributed by atoms with Crippen molar-refractivity contribution >= 4 is 19.8 Å². The molecule has 0 heterocycles. The molecular formula is C18H25NO3S2. The number of hydrogen-bond acceptors (Lipinski definition) is 3. The lowest BCUT2D eigenvalue weighted by molar-refractivity contribution is 0.595. The smallest absolute Gasteiger partial charge is 0.247 e. The van der Waals surface area contributed by atoms with Gasteiger partial charge in [0.15, 0.2) is 0 Å². The molecule has 0 N–H and O–H groups in total. The molecule has 0 fully saturated rings. The third kappa shape index (κ3) is 3.35. The van der Waals surface area contributed by atoms with Gasteiger partial charge in [0.2, 0.25) is 0 Å². The lowest BCUT2D eigenvalue weighted by Crippen LogP contribution is -2.37. The van der Waals surface area contributed by atoms with E-state index in [2.05, 4.69) is 3.77 Å². The predicted octanol–water partition coefficient (Wildman–Crippen LogP) is 4.14. The molecule has 0 spiro atoms. The summed E-state index contributed by atoms with van der Waals surface area (Å²) in [6, 6.07) is 5.07. The third-order valence-electron chi connectivity index (χ3n) is 4.13. The summed E-state index contributed by atoms with van der Waals surface area (Å²) in [5.74, 6) is 0. The van der Waals surface area contributed by atoms with Gasteiger partial charge in [-0.1, -0.05) is 41.5 Å². The van der Waals surface area contributed by atoms with Crippen molar-refractivity contribution in [3.63, 3.8) is 0 Å². The van der Waals surface area contributed by atoms with E-state index in [1.807, 2.05) is 26.0 Å². The van der Waals surface area contributed by atoms with Crippen LogP contribution in [0.4, 0.5) is 0 Å². The van der Waals surface area contributed by atoms with Crippen LogP contribution in [-0.4, -0.2) is 22.6 Å². The van der Waals surface area contributed by atoms with E-state index in [0.717, 1.165) is 11.1 Å². The predicted molar refractivity (Wildman–Crippen MR) is 100 cm³/mol. The third-order valence-corrected chi connectivity index (χ3v) is 9.79. The minimum atomic E-state index is -4.02. The first-order chi connectivity index (χ1) is 10.9. The summed E-state index contributed by atoms with van der Waals surface area (Å²) in [6.07, 6.45) is 5.45. The summed E-state index contributed by atoms with van der Waals surface area (Å²) < 4.78 is 42.8. The van der Waals surface area contributed by atoms with Gasteiger partial charge in [0.1, 0.15) is 0 Å². The summed E-state index contributed by atoms with van der Waals surface area (Å²) in [5.41, 5.74) is 2.46. The normalized spacial score (nSPS) is 20.6. The van der Waals surface area contributed by atoms with Crippen molar-refractivity contribution in [1.82, 2.24) is 0 Å². The molecule has 0 amide bonds. The first kappa shape index (κ1) is 18.9. The van der Waals surface area contributed by atoms with Crippen molar-refractivity contribution in [3.8, 4) is 0 Å². The van der Waals surface area contributed by atoms with Gasteiger partial charge in [-0.2, -0.15) is 8.42 Å². The molecule has 2 unspecified atom stereocenters. The lowest BCUT2D eigenvalue weighted by atomic mass is 10.2. The average Bonchev–Trinajstić information content (AvgIpc) is 2.83. The van der Waals surface area contributed by atoms with Gasteiger partial charge in [0, 0.05) is 4.75 Å². The number of benzene rings is 1. The van der Waals surface area contributed by atoms with Crippen LogP contribution in [-0.2, 0) is 19.8 Å². The maximum atomic E-state index is 13.7. The molecule has 1 aromatic rings. The fourth-order valence-electron chi connectivity index (χ4n) is 2.73. The highest BCUT2D eigenvalue weighted by atomic mass is 32.3. The maximum absolute atomic E-state index is 13.7. The van der Waals surface area contributed by atoms with E-state index in [0.29, 0.717) is 5.56 Å². The largest absolute Gasteiger partial charge is 0.290 e. The van der Waals surface area contributed by atoms with Gasteiger partial charge >= 0.3 is 0 Å². The molecule has 1 aliphatic rings. The topological polar surface area (TPSA) is 63.6 Å². The fraction of sp³-hybridized carbons (Fsp3) is 0.444. The van der Waals surface area contributed by atoms with Crippen LogP contribution in [0.25, 0.3) is 0 Å². The highest BCUT2D eigenvalue weighted by Crippen LogP contribution is 2.33. The van der Waals surface area contributed by atoms with Crippen LogP contribution in [0.3, 0.4) is 0 Å². The molecule has 0 bridgehead atoms. The van der Waals surface area contributed by atoms with Crippen LogP contribution in [0, 0.1) is 13.8 Å². The highest BCUT2D eigenvalue weighted by Gasteiger charge is 2.38. The van der Waals surface area contributed by atoms with Crippen molar-refractivity contribution in [1.29, 1.82) is 0 Å². The van der Waals surface area contributed by atoms with E-state index in [-0.39, 0.29) is 4.90 Å². The van der Waals surface area contributed by atoms with Crippen LogP contribution < -0.4 is 0 Å². The van der Waals surface area contributed by atoms with Gasteiger partial charge < -0.3 is 0 Å². The quantitative estimate of drug-likeness (QED) is 0.806. The van der Waals surface area contributed by atoms with Crippen molar-refractivity contribution in [3.05, 3.63) is 53.1 Å². The van der Waals surface area contributed by atoms with E-state index < -0.39 is 29.7 Å². The average molecular weight is 368 g/mol. The first-order valence-corrected chi connectivity index (χ1v) is 10.8. The second-order valence-electron chi connectivity index (χ2n) is 7.22. The standard InChI is InChI=1S/C18H25NO3S2/c1-13-10-11-17(15(3)12-13)24(21,22)19-23(20,18(4,5)6)16-9-7-8-14(16)2/h7-12,16H,1-6H3. The van der Waals surface area contributed by atoms with Gasteiger partial charge in [-0.3, -0.25) is 0 Å². The number of hydrogen-bond donors (Lipinski definition) is 0. The van der Waals surface area contributed by atoms with E-state index in [1.54, 1.807) is 52.0 Å². The summed E-state index contributed by atoms with van der Waals surface area (Å²) >= 11 is 0. The number of sulfonamides is 1. The lowest BCUT2D eigenvalue weighted by Gasteiger charge is -2.29.